The normalized spacial score (nSPS) is 57.2. The van der Waals surface area contributed by atoms with Crippen molar-refractivity contribution in [3.8, 4) is 0 Å². The zero-order valence-corrected chi connectivity index (χ0v) is 9.52. The third kappa shape index (κ3) is 0.712. The van der Waals surface area contributed by atoms with E-state index in [4.69, 9.17) is 4.74 Å². The molecule has 88 valence electrons. The van der Waals surface area contributed by atoms with Crippen molar-refractivity contribution in [2.45, 2.75) is 25.7 Å². The van der Waals surface area contributed by atoms with Crippen molar-refractivity contribution < 1.29 is 14.3 Å². The van der Waals surface area contributed by atoms with Gasteiger partial charge in [-0.25, -0.2) is 0 Å². The zero-order chi connectivity index (χ0) is 11.4. The van der Waals surface area contributed by atoms with Gasteiger partial charge in [0, 0.05) is 5.41 Å². The van der Waals surface area contributed by atoms with Crippen molar-refractivity contribution in [2.75, 3.05) is 0 Å². The third-order valence-electron chi connectivity index (χ3n) is 6.21. The lowest BCUT2D eigenvalue weighted by atomic mass is 9.63. The van der Waals surface area contributed by atoms with Crippen LogP contribution in [0.15, 0.2) is 11.6 Å². The highest BCUT2D eigenvalue weighted by Crippen LogP contribution is 2.75. The van der Waals surface area contributed by atoms with Crippen LogP contribution in [0.2, 0.25) is 0 Å². The molecule has 0 radical (unpaired) electrons. The van der Waals surface area contributed by atoms with Crippen molar-refractivity contribution >= 4 is 11.9 Å². The largest absolute Gasteiger partial charge is 0.393 e. The summed E-state index contributed by atoms with van der Waals surface area (Å²) in [7, 11) is 0. The minimum atomic E-state index is -0.250. The molecule has 3 nitrogen and oxygen atoms in total. The second kappa shape index (κ2) is 2.36. The third-order valence-corrected chi connectivity index (χ3v) is 6.21. The van der Waals surface area contributed by atoms with E-state index in [2.05, 4.69) is 6.08 Å². The lowest BCUT2D eigenvalue weighted by Crippen LogP contribution is -2.38. The SMILES string of the molecule is O=C1OC(=O)C2C1C1C=C3C4CCC(C4)C32C1. The molecular weight excluding hydrogens is 216 g/mol. The Kier molecular flexibility index (Phi) is 1.23. The monoisotopic (exact) mass is 230 g/mol. The zero-order valence-electron chi connectivity index (χ0n) is 9.52. The summed E-state index contributed by atoms with van der Waals surface area (Å²) in [5.41, 5.74) is 1.59. The maximum atomic E-state index is 12.0. The van der Waals surface area contributed by atoms with E-state index in [1.54, 1.807) is 0 Å². The van der Waals surface area contributed by atoms with Crippen LogP contribution in [0.1, 0.15) is 25.7 Å². The van der Waals surface area contributed by atoms with E-state index in [-0.39, 0.29) is 29.2 Å². The maximum Gasteiger partial charge on any atom is 0.318 e. The molecule has 5 rings (SSSR count). The summed E-state index contributed by atoms with van der Waals surface area (Å²) in [4.78, 5) is 23.8. The maximum absolute atomic E-state index is 12.0. The van der Waals surface area contributed by atoms with Gasteiger partial charge in [0.1, 0.15) is 0 Å². The smallest absolute Gasteiger partial charge is 0.318 e. The quantitative estimate of drug-likeness (QED) is 0.361. The molecule has 17 heavy (non-hydrogen) atoms. The fraction of sp³-hybridized carbons (Fsp3) is 0.714. The van der Waals surface area contributed by atoms with Gasteiger partial charge in [-0.3, -0.25) is 9.59 Å². The molecule has 1 aliphatic heterocycles. The number of ether oxygens (including phenoxy) is 1. The summed E-state index contributed by atoms with van der Waals surface area (Å²) >= 11 is 0. The van der Waals surface area contributed by atoms with Gasteiger partial charge >= 0.3 is 11.9 Å². The predicted molar refractivity (Wildman–Crippen MR) is 57.5 cm³/mol. The van der Waals surface area contributed by atoms with Crippen LogP contribution in [-0.2, 0) is 14.3 Å². The first kappa shape index (κ1) is 8.90. The molecule has 0 aromatic heterocycles. The minimum Gasteiger partial charge on any atom is -0.393 e. The Morgan fingerprint density at radius 3 is 3.00 bits per heavy atom. The predicted octanol–water partition coefficient (Wildman–Crippen LogP) is 1.68. The summed E-state index contributed by atoms with van der Waals surface area (Å²) in [6.45, 7) is 0. The van der Waals surface area contributed by atoms with E-state index in [1.807, 2.05) is 0 Å². The van der Waals surface area contributed by atoms with Crippen LogP contribution in [0.3, 0.4) is 0 Å². The second-order valence-electron chi connectivity index (χ2n) is 6.48. The number of carbonyl (C=O) groups is 2. The van der Waals surface area contributed by atoms with E-state index in [0.29, 0.717) is 11.8 Å². The average molecular weight is 230 g/mol. The van der Waals surface area contributed by atoms with Crippen LogP contribution in [-0.4, -0.2) is 11.9 Å². The van der Waals surface area contributed by atoms with Gasteiger partial charge in [0.05, 0.1) is 11.8 Å². The van der Waals surface area contributed by atoms with Gasteiger partial charge in [0.15, 0.2) is 0 Å². The molecule has 4 fully saturated rings. The standard InChI is InChI=1S/C14H14O3/c15-12-10-7-4-9-6-1-2-8(3-6)14(9,5-7)11(10)13(16)17-12/h4,6-8,10-11H,1-3,5H2. The average Bonchev–Trinajstić information content (AvgIpc) is 3.01. The van der Waals surface area contributed by atoms with Crippen LogP contribution in [0, 0.1) is 35.0 Å². The Hall–Kier alpha value is -1.12. The number of esters is 2. The van der Waals surface area contributed by atoms with Crippen LogP contribution >= 0.6 is 0 Å². The van der Waals surface area contributed by atoms with Crippen molar-refractivity contribution in [3.63, 3.8) is 0 Å². The van der Waals surface area contributed by atoms with Gasteiger partial charge < -0.3 is 4.74 Å². The fourth-order valence-corrected chi connectivity index (χ4v) is 5.86. The molecule has 3 saturated carbocycles. The minimum absolute atomic E-state index is 0.0570. The first-order chi connectivity index (χ1) is 8.22. The van der Waals surface area contributed by atoms with E-state index >= 15 is 0 Å². The molecule has 4 bridgehead atoms. The molecule has 1 heterocycles. The topological polar surface area (TPSA) is 43.4 Å². The summed E-state index contributed by atoms with van der Waals surface area (Å²) < 4.78 is 4.91. The lowest BCUT2D eigenvalue weighted by molar-refractivity contribution is -0.155. The Morgan fingerprint density at radius 1 is 1.24 bits per heavy atom. The van der Waals surface area contributed by atoms with E-state index < -0.39 is 0 Å². The van der Waals surface area contributed by atoms with Crippen LogP contribution in [0.25, 0.3) is 0 Å². The highest BCUT2D eigenvalue weighted by Gasteiger charge is 2.73. The number of rotatable bonds is 0. The van der Waals surface area contributed by atoms with Gasteiger partial charge in [0.2, 0.25) is 0 Å². The van der Waals surface area contributed by atoms with Gasteiger partial charge in [-0.05, 0) is 43.4 Å². The number of hydrogen-bond donors (Lipinski definition) is 0. The van der Waals surface area contributed by atoms with Crippen molar-refractivity contribution in [1.29, 1.82) is 0 Å². The van der Waals surface area contributed by atoms with E-state index in [9.17, 15) is 9.59 Å². The molecule has 0 aromatic rings. The van der Waals surface area contributed by atoms with Crippen molar-refractivity contribution in [3.05, 3.63) is 11.6 Å². The molecule has 3 heteroatoms. The van der Waals surface area contributed by atoms with E-state index in [0.717, 1.165) is 12.3 Å². The first-order valence-electron chi connectivity index (χ1n) is 6.69. The summed E-state index contributed by atoms with van der Waals surface area (Å²) in [6.07, 6.45) is 7.19. The molecule has 6 unspecified atom stereocenters. The molecule has 5 aliphatic rings. The lowest BCUT2D eigenvalue weighted by Gasteiger charge is -2.38. The number of cyclic esters (lactones) is 2. The molecule has 4 aliphatic carbocycles. The highest BCUT2D eigenvalue weighted by atomic mass is 16.6. The van der Waals surface area contributed by atoms with Crippen LogP contribution < -0.4 is 0 Å². The van der Waals surface area contributed by atoms with Crippen molar-refractivity contribution in [2.24, 2.45) is 35.0 Å². The number of fused-ring (bicyclic) bond motifs is 6. The molecule has 1 spiro atoms. The second-order valence-corrected chi connectivity index (χ2v) is 6.48. The summed E-state index contributed by atoms with van der Waals surface area (Å²) in [6, 6.07) is 0. The molecule has 0 N–H and O–H groups in total. The Balaban J connectivity index is 1.75. The molecule has 0 aromatic carbocycles. The molecule has 6 atom stereocenters. The van der Waals surface area contributed by atoms with Crippen LogP contribution in [0.5, 0.6) is 0 Å². The molecule has 1 saturated heterocycles. The van der Waals surface area contributed by atoms with Gasteiger partial charge in [-0.2, -0.15) is 0 Å². The molecular formula is C14H14O3. The van der Waals surface area contributed by atoms with E-state index in [1.165, 1.54) is 24.8 Å². The highest BCUT2D eigenvalue weighted by molar-refractivity contribution is 5.99. The van der Waals surface area contributed by atoms with Crippen molar-refractivity contribution in [1.82, 2.24) is 0 Å². The Labute approximate surface area is 99.2 Å². The Bertz CT molecular complexity index is 506. The van der Waals surface area contributed by atoms with Gasteiger partial charge in [-0.15, -0.1) is 0 Å². The number of hydrogen-bond acceptors (Lipinski definition) is 3. The fourth-order valence-electron chi connectivity index (χ4n) is 5.86. The number of allylic oxidation sites excluding steroid dienone is 2. The van der Waals surface area contributed by atoms with Gasteiger partial charge in [0.25, 0.3) is 0 Å². The first-order valence-corrected chi connectivity index (χ1v) is 6.69. The number of carbonyl (C=O) groups excluding carboxylic acids is 2. The van der Waals surface area contributed by atoms with Gasteiger partial charge in [-0.1, -0.05) is 11.6 Å². The Morgan fingerprint density at radius 2 is 2.12 bits per heavy atom. The molecule has 0 amide bonds. The summed E-state index contributed by atoms with van der Waals surface area (Å²) in [5, 5.41) is 0. The summed E-state index contributed by atoms with van der Waals surface area (Å²) in [5.74, 6) is 0.950. The van der Waals surface area contributed by atoms with Crippen LogP contribution in [0.4, 0.5) is 0 Å².